The Balaban J connectivity index is -0.000000208. The van der Waals surface area contributed by atoms with Crippen molar-refractivity contribution in [3.8, 4) is 0 Å². The molecule has 0 bridgehead atoms. The van der Waals surface area contributed by atoms with E-state index in [1.54, 1.807) is 0 Å². The summed E-state index contributed by atoms with van der Waals surface area (Å²) in [6, 6.07) is 0. The van der Waals surface area contributed by atoms with E-state index in [-0.39, 0.29) is 26.2 Å². The number of phosphoric acid groups is 3. The van der Waals surface area contributed by atoms with Crippen LogP contribution in [0.2, 0.25) is 0 Å². The van der Waals surface area contributed by atoms with Gasteiger partial charge in [-0.1, -0.05) is 0 Å². The van der Waals surface area contributed by atoms with Crippen LogP contribution in [0.1, 0.15) is 0 Å². The number of rotatable bonds is 2. The Labute approximate surface area is 102 Å². The van der Waals surface area contributed by atoms with Gasteiger partial charge in [0, 0.05) is 0 Å². The molecule has 0 heterocycles. The fourth-order valence-corrected chi connectivity index (χ4v) is 1.10. The van der Waals surface area contributed by atoms with Crippen molar-refractivity contribution in [1.29, 1.82) is 0 Å². The summed E-state index contributed by atoms with van der Waals surface area (Å²) in [6.07, 6.45) is 0. The minimum atomic E-state index is -5.68. The van der Waals surface area contributed by atoms with E-state index in [1.807, 2.05) is 0 Å². The van der Waals surface area contributed by atoms with Crippen molar-refractivity contribution in [1.82, 2.24) is 0 Å². The molecular weight excluding hydrogens is 360 g/mol. The van der Waals surface area contributed by atoms with Gasteiger partial charge in [-0.05, 0) is 0 Å². The van der Waals surface area contributed by atoms with Gasteiger partial charge in [-0.15, -0.1) is 0 Å². The van der Waals surface area contributed by atoms with E-state index in [0.29, 0.717) is 0 Å². The summed E-state index contributed by atoms with van der Waals surface area (Å²) < 4.78 is 30.0. The SMILES string of the molecule is O=P(O)(O)O.O=P([O-])([O-])OP(=O)([O-])[O-].[Zr+4]. The maximum Gasteiger partial charge on any atom is 4.00 e. The van der Waals surface area contributed by atoms with Crippen molar-refractivity contribution in [3.63, 3.8) is 0 Å². The molecule has 0 rings (SSSR count). The molecule has 15 heavy (non-hydrogen) atoms. The van der Waals surface area contributed by atoms with Crippen molar-refractivity contribution in [2.24, 2.45) is 0 Å². The predicted octanol–water partition coefficient (Wildman–Crippen LogP) is -4.27. The average Bonchev–Trinajstić information content (AvgIpc) is 1.42. The second kappa shape index (κ2) is 7.55. The molecule has 0 atom stereocenters. The minimum Gasteiger partial charge on any atom is -0.790 e. The van der Waals surface area contributed by atoms with Gasteiger partial charge in [-0.3, -0.25) is 0 Å². The van der Waals surface area contributed by atoms with Crippen LogP contribution in [0.25, 0.3) is 0 Å². The summed E-state index contributed by atoms with van der Waals surface area (Å²) in [5.41, 5.74) is 0. The van der Waals surface area contributed by atoms with Crippen LogP contribution in [0.3, 0.4) is 0 Å². The van der Waals surface area contributed by atoms with Crippen LogP contribution >= 0.6 is 23.5 Å². The summed E-state index contributed by atoms with van der Waals surface area (Å²) in [6.45, 7) is 0. The Morgan fingerprint density at radius 2 is 0.933 bits per heavy atom. The van der Waals surface area contributed by atoms with Crippen molar-refractivity contribution >= 4 is 23.5 Å². The third-order valence-corrected chi connectivity index (χ3v) is 1.80. The molecule has 0 saturated heterocycles. The second-order valence-corrected chi connectivity index (χ2v) is 4.96. The fraction of sp³-hybridized carbons (Fsp3) is 0. The first-order valence-electron chi connectivity index (χ1n) is 2.24. The molecule has 0 aliphatic heterocycles. The van der Waals surface area contributed by atoms with Gasteiger partial charge in [0.2, 0.25) is 0 Å². The molecule has 3 N–H and O–H groups in total. The molecule has 0 aromatic carbocycles. The van der Waals surface area contributed by atoms with E-state index in [4.69, 9.17) is 19.2 Å². The Hall–Kier alpha value is 1.25. The zero-order valence-corrected chi connectivity index (χ0v) is 11.6. The summed E-state index contributed by atoms with van der Waals surface area (Å²) in [5.74, 6) is 0. The topological polar surface area (TPSA) is 213 Å². The van der Waals surface area contributed by atoms with Crippen molar-refractivity contribution < 1.29 is 78.5 Å². The predicted molar refractivity (Wildman–Crippen MR) is 30.6 cm³/mol. The second-order valence-electron chi connectivity index (χ2n) is 1.49. The molecule has 0 fully saturated rings. The molecule has 0 radical (unpaired) electrons. The van der Waals surface area contributed by atoms with Crippen molar-refractivity contribution in [2.45, 2.75) is 0 Å². The Morgan fingerprint density at radius 1 is 0.800 bits per heavy atom. The van der Waals surface area contributed by atoms with Crippen molar-refractivity contribution in [3.05, 3.63) is 0 Å². The van der Waals surface area contributed by atoms with E-state index in [0.717, 1.165) is 0 Å². The summed E-state index contributed by atoms with van der Waals surface area (Å²) >= 11 is 0. The van der Waals surface area contributed by atoms with Gasteiger partial charge in [0.1, 0.15) is 0 Å². The van der Waals surface area contributed by atoms with Crippen LogP contribution in [-0.2, 0) is 44.2 Å². The van der Waals surface area contributed by atoms with Crippen LogP contribution in [0.4, 0.5) is 0 Å². The zero-order chi connectivity index (χ0) is 12.2. The van der Waals surface area contributed by atoms with E-state index >= 15 is 0 Å². The molecule has 11 nitrogen and oxygen atoms in total. The summed E-state index contributed by atoms with van der Waals surface area (Å²) in [5, 5.41) is 0. The number of hydrogen-bond acceptors (Lipinski definition) is 8. The average molecular weight is 363 g/mol. The summed E-state index contributed by atoms with van der Waals surface area (Å²) in [4.78, 5) is 58.9. The molecule has 0 aliphatic rings. The Bertz CT molecular complexity index is 259. The van der Waals surface area contributed by atoms with Crippen molar-refractivity contribution in [2.75, 3.05) is 0 Å². The Morgan fingerprint density at radius 3 is 0.933 bits per heavy atom. The summed E-state index contributed by atoms with van der Waals surface area (Å²) in [7, 11) is -16.0. The largest absolute Gasteiger partial charge is 4.00 e. The third kappa shape index (κ3) is 50.9. The molecule has 15 heteroatoms. The van der Waals surface area contributed by atoms with E-state index in [1.165, 1.54) is 0 Å². The molecule has 0 spiro atoms. The molecular formula is H3O11P3Zr. The Kier molecular flexibility index (Phi) is 10.8. The normalized spacial score (nSPS) is 12.2. The molecule has 0 amide bonds. The first-order valence-corrected chi connectivity index (χ1v) is 6.73. The first kappa shape index (κ1) is 21.5. The van der Waals surface area contributed by atoms with Crippen LogP contribution < -0.4 is 19.6 Å². The van der Waals surface area contributed by atoms with Gasteiger partial charge in [0.25, 0.3) is 0 Å². The maximum absolute atomic E-state index is 9.32. The maximum atomic E-state index is 9.32. The molecule has 0 saturated carbocycles. The smallest absolute Gasteiger partial charge is 0.790 e. The molecule has 0 aromatic rings. The standard InChI is InChI=1S/H4O7P2.H3O4P.Zr/c1-8(2,3)7-9(4,5)6;1-5(2,3)4;/h(H2,1,2,3)(H2,4,5,6);(H3,1,2,3,4);/q;;+4/p-4. The quantitative estimate of drug-likeness (QED) is 0.399. The van der Waals surface area contributed by atoms with Crippen LogP contribution in [0.15, 0.2) is 0 Å². The van der Waals surface area contributed by atoms with Gasteiger partial charge in [0.15, 0.2) is 0 Å². The van der Waals surface area contributed by atoms with E-state index < -0.39 is 23.5 Å². The van der Waals surface area contributed by atoms with Gasteiger partial charge in [0.05, 0.1) is 15.6 Å². The van der Waals surface area contributed by atoms with Crippen LogP contribution in [0.5, 0.6) is 0 Å². The molecule has 0 aliphatic carbocycles. The fourth-order valence-electron chi connectivity index (χ4n) is 0.122. The zero-order valence-electron chi connectivity index (χ0n) is 6.45. The van der Waals surface area contributed by atoms with Gasteiger partial charge in [-0.2, -0.15) is 0 Å². The molecule has 0 unspecified atom stereocenters. The minimum absolute atomic E-state index is 0. The number of hydrogen-bond donors (Lipinski definition) is 3. The monoisotopic (exact) mass is 362 g/mol. The third-order valence-electron chi connectivity index (χ3n) is 0.200. The van der Waals surface area contributed by atoms with Gasteiger partial charge >= 0.3 is 34.0 Å². The first-order chi connectivity index (χ1) is 5.71. The van der Waals surface area contributed by atoms with Gasteiger partial charge in [-0.25, -0.2) is 4.57 Å². The van der Waals surface area contributed by atoms with Gasteiger partial charge < -0.3 is 47.7 Å². The van der Waals surface area contributed by atoms with E-state index in [2.05, 4.69) is 4.31 Å². The molecule has 88 valence electrons. The van der Waals surface area contributed by atoms with E-state index in [9.17, 15) is 28.7 Å². The van der Waals surface area contributed by atoms with Crippen LogP contribution in [-0.4, -0.2) is 14.7 Å². The van der Waals surface area contributed by atoms with Crippen LogP contribution in [0, 0.1) is 0 Å². The molecule has 0 aromatic heterocycles.